The fourth-order valence-corrected chi connectivity index (χ4v) is 3.23. The summed E-state index contributed by atoms with van der Waals surface area (Å²) in [5.74, 6) is 1.36. The Morgan fingerprint density at radius 1 is 1.21 bits per heavy atom. The number of guanidine groups is 1. The second-order valence-corrected chi connectivity index (χ2v) is 6.94. The lowest BCUT2D eigenvalue weighted by Crippen LogP contribution is -2.38. The highest BCUT2D eigenvalue weighted by molar-refractivity contribution is 14.0. The van der Waals surface area contributed by atoms with Crippen molar-refractivity contribution < 1.29 is 4.39 Å². The molecule has 150 valence electrons. The van der Waals surface area contributed by atoms with Gasteiger partial charge in [0.2, 0.25) is 0 Å². The van der Waals surface area contributed by atoms with Crippen LogP contribution in [-0.2, 0) is 26.1 Å². The Bertz CT molecular complexity index is 865. The average Bonchev–Trinajstić information content (AvgIpc) is 3.36. The molecule has 2 aromatic heterocycles. The Morgan fingerprint density at radius 3 is 2.82 bits per heavy atom. The van der Waals surface area contributed by atoms with Crippen molar-refractivity contribution in [2.75, 3.05) is 6.54 Å². The molecule has 0 aliphatic rings. The van der Waals surface area contributed by atoms with Crippen molar-refractivity contribution in [3.63, 3.8) is 0 Å². The summed E-state index contributed by atoms with van der Waals surface area (Å²) >= 11 is 1.68. The number of thiophene rings is 1. The molecule has 3 aromatic rings. The minimum atomic E-state index is -0.240. The number of nitrogens with zero attached hydrogens (tertiary/aromatic N) is 4. The van der Waals surface area contributed by atoms with Crippen molar-refractivity contribution in [3.8, 4) is 0 Å². The van der Waals surface area contributed by atoms with Crippen LogP contribution in [0.1, 0.15) is 23.2 Å². The van der Waals surface area contributed by atoms with Crippen LogP contribution in [0.4, 0.5) is 4.39 Å². The van der Waals surface area contributed by atoms with Crippen molar-refractivity contribution in [1.29, 1.82) is 0 Å². The van der Waals surface area contributed by atoms with Crippen LogP contribution in [0.15, 0.2) is 53.1 Å². The highest BCUT2D eigenvalue weighted by Crippen LogP contribution is 2.09. The normalized spacial score (nSPS) is 11.1. The second-order valence-electron chi connectivity index (χ2n) is 5.91. The van der Waals surface area contributed by atoms with Gasteiger partial charge in [-0.25, -0.2) is 9.38 Å². The smallest absolute Gasteiger partial charge is 0.191 e. The Labute approximate surface area is 185 Å². The van der Waals surface area contributed by atoms with Crippen LogP contribution in [0.2, 0.25) is 0 Å². The van der Waals surface area contributed by atoms with Crippen LogP contribution in [0.3, 0.4) is 0 Å². The highest BCUT2D eigenvalue weighted by atomic mass is 127. The third kappa shape index (κ3) is 6.55. The van der Waals surface area contributed by atoms with Crippen molar-refractivity contribution in [2.45, 2.75) is 33.0 Å². The minimum Gasteiger partial charge on any atom is -0.355 e. The third-order valence-corrected chi connectivity index (χ3v) is 4.91. The van der Waals surface area contributed by atoms with Crippen LogP contribution in [0.5, 0.6) is 0 Å². The van der Waals surface area contributed by atoms with E-state index in [0.717, 1.165) is 18.8 Å². The molecular formula is C19H24FIN6S. The van der Waals surface area contributed by atoms with Gasteiger partial charge in [-0.15, -0.1) is 45.5 Å². The molecule has 0 radical (unpaired) electrons. The molecule has 0 bridgehead atoms. The van der Waals surface area contributed by atoms with E-state index in [1.165, 1.54) is 10.9 Å². The molecule has 0 atom stereocenters. The number of aliphatic imine (C=N–C) groups is 1. The van der Waals surface area contributed by atoms with Crippen molar-refractivity contribution in [3.05, 3.63) is 70.2 Å². The van der Waals surface area contributed by atoms with Crippen LogP contribution in [0, 0.1) is 5.82 Å². The zero-order chi connectivity index (χ0) is 18.9. The van der Waals surface area contributed by atoms with Crippen LogP contribution in [0.25, 0.3) is 0 Å². The molecule has 0 aliphatic heterocycles. The van der Waals surface area contributed by atoms with E-state index >= 15 is 0 Å². The quantitative estimate of drug-likeness (QED) is 0.274. The number of hydrogen-bond acceptors (Lipinski definition) is 4. The standard InChI is InChI=1S/C19H23FN6S.HI/c1-2-18-25-24-14-26(18)10-9-21-19(23-13-16-7-5-11-27-16)22-12-15-6-3-4-8-17(15)20;/h3-8,11,14H,2,9-10,12-13H2,1H3,(H2,21,22,23);1H. The first kappa shape index (κ1) is 22.3. The largest absolute Gasteiger partial charge is 0.355 e. The fourth-order valence-electron chi connectivity index (χ4n) is 2.58. The maximum atomic E-state index is 13.8. The zero-order valence-corrected chi connectivity index (χ0v) is 18.8. The molecule has 2 heterocycles. The molecule has 0 aliphatic carbocycles. The lowest BCUT2D eigenvalue weighted by atomic mass is 10.2. The summed E-state index contributed by atoms with van der Waals surface area (Å²) in [7, 11) is 0. The fraction of sp³-hybridized carbons (Fsp3) is 0.316. The molecule has 3 rings (SSSR count). The Kier molecular flexibility index (Phi) is 9.35. The Balaban J connectivity index is 0.00000280. The van der Waals surface area contributed by atoms with Crippen molar-refractivity contribution in [2.24, 2.45) is 4.99 Å². The molecule has 0 spiro atoms. The first-order valence-corrected chi connectivity index (χ1v) is 9.79. The molecule has 0 saturated heterocycles. The summed E-state index contributed by atoms with van der Waals surface area (Å²) in [4.78, 5) is 5.74. The predicted molar refractivity (Wildman–Crippen MR) is 122 cm³/mol. The molecule has 28 heavy (non-hydrogen) atoms. The van der Waals surface area contributed by atoms with Gasteiger partial charge >= 0.3 is 0 Å². The number of aryl methyl sites for hydroxylation is 1. The van der Waals surface area contributed by atoms with E-state index < -0.39 is 0 Å². The molecule has 0 fully saturated rings. The summed E-state index contributed by atoms with van der Waals surface area (Å²) in [5, 5.41) is 16.7. The van der Waals surface area contributed by atoms with Gasteiger partial charge in [-0.3, -0.25) is 0 Å². The van der Waals surface area contributed by atoms with E-state index in [-0.39, 0.29) is 36.3 Å². The number of halogens is 2. The zero-order valence-electron chi connectivity index (χ0n) is 15.6. The first-order chi connectivity index (χ1) is 13.3. The molecule has 1 aromatic carbocycles. The number of benzene rings is 1. The number of nitrogens with one attached hydrogen (secondary N) is 2. The SMILES string of the molecule is CCc1nncn1CCNC(=NCc1ccccc1F)NCc1cccs1.I. The van der Waals surface area contributed by atoms with Gasteiger partial charge in [-0.1, -0.05) is 31.2 Å². The first-order valence-electron chi connectivity index (χ1n) is 8.91. The summed E-state index contributed by atoms with van der Waals surface area (Å²) in [6.07, 6.45) is 2.57. The Morgan fingerprint density at radius 2 is 2.07 bits per heavy atom. The highest BCUT2D eigenvalue weighted by Gasteiger charge is 2.05. The number of aromatic nitrogens is 3. The molecule has 9 heteroatoms. The summed E-state index contributed by atoms with van der Waals surface area (Å²) in [5.41, 5.74) is 0.571. The lowest BCUT2D eigenvalue weighted by Gasteiger charge is -2.13. The van der Waals surface area contributed by atoms with Crippen LogP contribution >= 0.6 is 35.3 Å². The van der Waals surface area contributed by atoms with Gasteiger partial charge in [0.1, 0.15) is 18.0 Å². The summed E-state index contributed by atoms with van der Waals surface area (Å²) in [6, 6.07) is 10.8. The monoisotopic (exact) mass is 514 g/mol. The van der Waals surface area contributed by atoms with Gasteiger partial charge in [0, 0.05) is 30.0 Å². The van der Waals surface area contributed by atoms with Gasteiger partial charge < -0.3 is 15.2 Å². The number of rotatable bonds is 8. The summed E-state index contributed by atoms with van der Waals surface area (Å²) < 4.78 is 15.9. The van der Waals surface area contributed by atoms with Gasteiger partial charge in [0.15, 0.2) is 5.96 Å². The lowest BCUT2D eigenvalue weighted by molar-refractivity contribution is 0.609. The van der Waals surface area contributed by atoms with E-state index in [1.807, 2.05) is 22.1 Å². The van der Waals surface area contributed by atoms with Gasteiger partial charge in [0.05, 0.1) is 13.1 Å². The average molecular weight is 514 g/mol. The van der Waals surface area contributed by atoms with E-state index in [1.54, 1.807) is 29.8 Å². The topological polar surface area (TPSA) is 67.1 Å². The van der Waals surface area contributed by atoms with Crippen LogP contribution < -0.4 is 10.6 Å². The molecule has 6 nitrogen and oxygen atoms in total. The van der Waals surface area contributed by atoms with E-state index in [9.17, 15) is 4.39 Å². The third-order valence-electron chi connectivity index (χ3n) is 4.03. The van der Waals surface area contributed by atoms with Gasteiger partial charge in [0.25, 0.3) is 0 Å². The second kappa shape index (κ2) is 11.7. The van der Waals surface area contributed by atoms with E-state index in [4.69, 9.17) is 0 Å². The maximum Gasteiger partial charge on any atom is 0.191 e. The molecular weight excluding hydrogens is 490 g/mol. The van der Waals surface area contributed by atoms with Crippen molar-refractivity contribution in [1.82, 2.24) is 25.4 Å². The number of hydrogen-bond donors (Lipinski definition) is 2. The van der Waals surface area contributed by atoms with Gasteiger partial charge in [-0.2, -0.15) is 0 Å². The van der Waals surface area contributed by atoms with Gasteiger partial charge in [-0.05, 0) is 17.5 Å². The summed E-state index contributed by atoms with van der Waals surface area (Å²) in [6.45, 7) is 4.40. The molecule has 2 N–H and O–H groups in total. The molecule has 0 amide bonds. The predicted octanol–water partition coefficient (Wildman–Crippen LogP) is 3.59. The van der Waals surface area contributed by atoms with Crippen molar-refractivity contribution >= 4 is 41.3 Å². The maximum absolute atomic E-state index is 13.8. The van der Waals surface area contributed by atoms with E-state index in [2.05, 4.69) is 38.8 Å². The van der Waals surface area contributed by atoms with Crippen LogP contribution in [-0.4, -0.2) is 27.3 Å². The van der Waals surface area contributed by atoms with E-state index in [0.29, 0.717) is 24.6 Å². The Hall–Kier alpha value is -2.01. The molecule has 0 unspecified atom stereocenters. The molecule has 0 saturated carbocycles. The minimum absolute atomic E-state index is 0.